The molecule has 1 aliphatic rings. The van der Waals surface area contributed by atoms with Crippen LogP contribution in [0.2, 0.25) is 0 Å². The van der Waals surface area contributed by atoms with Crippen molar-refractivity contribution < 1.29 is 27.5 Å². The van der Waals surface area contributed by atoms with Gasteiger partial charge in [0.1, 0.15) is 0 Å². The smallest absolute Gasteiger partial charge is 0.422 e. The molecule has 2 heterocycles. The van der Waals surface area contributed by atoms with E-state index in [1.165, 1.54) is 12.3 Å². The third-order valence-electron chi connectivity index (χ3n) is 3.31. The molecule has 0 aliphatic carbocycles. The van der Waals surface area contributed by atoms with Crippen LogP contribution in [0.4, 0.5) is 13.2 Å². The van der Waals surface area contributed by atoms with Gasteiger partial charge in [0.05, 0.1) is 5.92 Å². The highest BCUT2D eigenvalue weighted by atomic mass is 19.4. The first-order valence-electron chi connectivity index (χ1n) is 7.03. The number of ether oxygens (including phenoxy) is 1. The third-order valence-corrected chi connectivity index (χ3v) is 3.31. The van der Waals surface area contributed by atoms with E-state index >= 15 is 0 Å². The molecule has 1 aliphatic heterocycles. The maximum atomic E-state index is 12.2. The molecule has 1 unspecified atom stereocenters. The van der Waals surface area contributed by atoms with Gasteiger partial charge >= 0.3 is 6.18 Å². The molecule has 0 bridgehead atoms. The standard InChI is InChI=1S/C14H16F3N3O3/c15-14(16,17)8-23-13-10(2-1-5-18-13)7-20-12(22)9-3-4-11(21)19-6-9/h1-2,5,9H,3-4,6-8H2,(H,19,21)(H,20,22). The minimum Gasteiger partial charge on any atom is -0.468 e. The monoisotopic (exact) mass is 331 g/mol. The van der Waals surface area contributed by atoms with Crippen molar-refractivity contribution in [1.82, 2.24) is 15.6 Å². The van der Waals surface area contributed by atoms with Crippen molar-refractivity contribution in [2.24, 2.45) is 5.92 Å². The molecule has 0 spiro atoms. The molecule has 6 nitrogen and oxygen atoms in total. The quantitative estimate of drug-likeness (QED) is 0.849. The summed E-state index contributed by atoms with van der Waals surface area (Å²) in [7, 11) is 0. The lowest BCUT2D eigenvalue weighted by atomic mass is 9.98. The van der Waals surface area contributed by atoms with Crippen molar-refractivity contribution in [1.29, 1.82) is 0 Å². The Morgan fingerprint density at radius 2 is 2.26 bits per heavy atom. The molecule has 1 fully saturated rings. The summed E-state index contributed by atoms with van der Waals surface area (Å²) in [6, 6.07) is 3.07. The van der Waals surface area contributed by atoms with Crippen molar-refractivity contribution in [2.75, 3.05) is 13.2 Å². The zero-order valence-electron chi connectivity index (χ0n) is 12.2. The van der Waals surface area contributed by atoms with Gasteiger partial charge in [-0.3, -0.25) is 9.59 Å². The summed E-state index contributed by atoms with van der Waals surface area (Å²) in [4.78, 5) is 26.8. The molecule has 0 saturated carbocycles. The maximum absolute atomic E-state index is 12.2. The number of halogens is 3. The number of hydrogen-bond acceptors (Lipinski definition) is 4. The van der Waals surface area contributed by atoms with Crippen LogP contribution < -0.4 is 15.4 Å². The fourth-order valence-corrected chi connectivity index (χ4v) is 2.12. The summed E-state index contributed by atoms with van der Waals surface area (Å²) in [6.07, 6.45) is -2.42. The lowest BCUT2D eigenvalue weighted by Crippen LogP contribution is -2.42. The minimum absolute atomic E-state index is 0.00428. The van der Waals surface area contributed by atoms with Crippen LogP contribution in [0, 0.1) is 5.92 Å². The number of alkyl halides is 3. The van der Waals surface area contributed by atoms with Crippen LogP contribution in [0.25, 0.3) is 0 Å². The Morgan fingerprint density at radius 3 is 2.91 bits per heavy atom. The zero-order chi connectivity index (χ0) is 16.9. The van der Waals surface area contributed by atoms with Gasteiger partial charge in [0.25, 0.3) is 0 Å². The molecule has 1 saturated heterocycles. The molecule has 1 aromatic heterocycles. The van der Waals surface area contributed by atoms with E-state index in [2.05, 4.69) is 20.4 Å². The van der Waals surface area contributed by atoms with Crippen molar-refractivity contribution >= 4 is 11.8 Å². The minimum atomic E-state index is -4.46. The van der Waals surface area contributed by atoms with Crippen molar-refractivity contribution in [3.8, 4) is 5.88 Å². The third kappa shape index (κ3) is 5.42. The van der Waals surface area contributed by atoms with Gasteiger partial charge in [0, 0.05) is 31.3 Å². The summed E-state index contributed by atoms with van der Waals surface area (Å²) in [5, 5.41) is 5.23. The predicted octanol–water partition coefficient (Wildman–Crippen LogP) is 1.17. The van der Waals surface area contributed by atoms with Crippen molar-refractivity contribution in [2.45, 2.75) is 25.6 Å². The first kappa shape index (κ1) is 17.0. The molecule has 9 heteroatoms. The van der Waals surface area contributed by atoms with E-state index in [4.69, 9.17) is 0 Å². The lowest BCUT2D eigenvalue weighted by molar-refractivity contribution is -0.154. The summed E-state index contributed by atoms with van der Waals surface area (Å²) in [6.45, 7) is -1.18. The van der Waals surface area contributed by atoms with Crippen molar-refractivity contribution in [3.05, 3.63) is 23.9 Å². The van der Waals surface area contributed by atoms with E-state index in [1.54, 1.807) is 6.07 Å². The molecule has 0 radical (unpaired) electrons. The SMILES string of the molecule is O=C1CCC(C(=O)NCc2cccnc2OCC(F)(F)F)CN1. The molecule has 2 amide bonds. The Labute approximate surface area is 130 Å². The second kappa shape index (κ2) is 7.30. The van der Waals surface area contributed by atoms with Crippen LogP contribution in [-0.4, -0.2) is 36.1 Å². The van der Waals surface area contributed by atoms with E-state index < -0.39 is 12.8 Å². The highest BCUT2D eigenvalue weighted by Crippen LogP contribution is 2.20. The van der Waals surface area contributed by atoms with Gasteiger partial charge in [-0.2, -0.15) is 13.2 Å². The summed E-state index contributed by atoms with van der Waals surface area (Å²) >= 11 is 0. The van der Waals surface area contributed by atoms with Crippen LogP contribution in [0.1, 0.15) is 18.4 Å². The second-order valence-electron chi connectivity index (χ2n) is 5.13. The van der Waals surface area contributed by atoms with Gasteiger partial charge < -0.3 is 15.4 Å². The van der Waals surface area contributed by atoms with Gasteiger partial charge in [0.15, 0.2) is 6.61 Å². The van der Waals surface area contributed by atoms with Crippen LogP contribution in [0.5, 0.6) is 5.88 Å². The van der Waals surface area contributed by atoms with E-state index in [0.29, 0.717) is 12.0 Å². The fourth-order valence-electron chi connectivity index (χ4n) is 2.12. The Kier molecular flexibility index (Phi) is 5.41. The van der Waals surface area contributed by atoms with Gasteiger partial charge in [-0.15, -0.1) is 0 Å². The molecule has 1 aromatic rings. The van der Waals surface area contributed by atoms with Crippen LogP contribution in [-0.2, 0) is 16.1 Å². The van der Waals surface area contributed by atoms with E-state index in [-0.39, 0.29) is 43.1 Å². The van der Waals surface area contributed by atoms with Gasteiger partial charge in [0.2, 0.25) is 17.7 Å². The topological polar surface area (TPSA) is 80.3 Å². The molecule has 126 valence electrons. The molecular weight excluding hydrogens is 315 g/mol. The molecule has 0 aromatic carbocycles. The number of piperidine rings is 1. The highest BCUT2D eigenvalue weighted by Gasteiger charge is 2.29. The normalized spacial score (nSPS) is 18.2. The average Bonchev–Trinajstić information content (AvgIpc) is 2.51. The van der Waals surface area contributed by atoms with E-state index in [9.17, 15) is 22.8 Å². The number of nitrogens with one attached hydrogen (secondary N) is 2. The largest absolute Gasteiger partial charge is 0.468 e. The van der Waals surface area contributed by atoms with Gasteiger partial charge in [-0.05, 0) is 12.5 Å². The first-order chi connectivity index (χ1) is 10.8. The number of carbonyl (C=O) groups is 2. The second-order valence-corrected chi connectivity index (χ2v) is 5.13. The summed E-state index contributed by atoms with van der Waals surface area (Å²) < 4.78 is 41.3. The van der Waals surface area contributed by atoms with Crippen LogP contribution in [0.15, 0.2) is 18.3 Å². The fraction of sp³-hybridized carbons (Fsp3) is 0.500. The molecular formula is C14H16F3N3O3. The average molecular weight is 331 g/mol. The predicted molar refractivity (Wildman–Crippen MR) is 73.4 cm³/mol. The Bertz CT molecular complexity index is 568. The molecule has 23 heavy (non-hydrogen) atoms. The van der Waals surface area contributed by atoms with Crippen LogP contribution in [0.3, 0.4) is 0 Å². The number of amides is 2. The van der Waals surface area contributed by atoms with E-state index in [0.717, 1.165) is 0 Å². The Balaban J connectivity index is 1.90. The summed E-state index contributed by atoms with van der Waals surface area (Å²) in [5.74, 6) is -0.870. The molecule has 2 rings (SSSR count). The van der Waals surface area contributed by atoms with Gasteiger partial charge in [-0.1, -0.05) is 6.07 Å². The highest BCUT2D eigenvalue weighted by molar-refractivity contribution is 5.83. The maximum Gasteiger partial charge on any atom is 0.422 e. The number of hydrogen-bond donors (Lipinski definition) is 2. The van der Waals surface area contributed by atoms with Gasteiger partial charge in [-0.25, -0.2) is 4.98 Å². The number of rotatable bonds is 5. The van der Waals surface area contributed by atoms with Crippen molar-refractivity contribution in [3.63, 3.8) is 0 Å². The number of pyridine rings is 1. The summed E-state index contributed by atoms with van der Waals surface area (Å²) in [5.41, 5.74) is 0.352. The number of aromatic nitrogens is 1. The number of nitrogens with zero attached hydrogens (tertiary/aromatic N) is 1. The number of carbonyl (C=O) groups excluding carboxylic acids is 2. The lowest BCUT2D eigenvalue weighted by Gasteiger charge is -2.21. The molecule has 1 atom stereocenters. The Hall–Kier alpha value is -2.32. The first-order valence-corrected chi connectivity index (χ1v) is 7.03. The van der Waals surface area contributed by atoms with Crippen LogP contribution >= 0.6 is 0 Å². The Morgan fingerprint density at radius 1 is 1.48 bits per heavy atom. The zero-order valence-corrected chi connectivity index (χ0v) is 12.2. The van der Waals surface area contributed by atoms with E-state index in [1.807, 2.05) is 0 Å². The molecule has 2 N–H and O–H groups in total.